The van der Waals surface area contributed by atoms with Crippen molar-refractivity contribution in [1.82, 2.24) is 5.43 Å². The highest BCUT2D eigenvalue weighted by molar-refractivity contribution is 5.90. The van der Waals surface area contributed by atoms with E-state index in [0.717, 1.165) is 5.92 Å². The fourth-order valence-electron chi connectivity index (χ4n) is 3.63. The average molecular weight is 192 g/mol. The third kappa shape index (κ3) is 1.19. The first kappa shape index (κ1) is 8.75. The van der Waals surface area contributed by atoms with E-state index in [0.29, 0.717) is 5.54 Å². The molecule has 0 bridgehead atoms. The minimum absolute atomic E-state index is 0.411. The van der Waals surface area contributed by atoms with Gasteiger partial charge in [-0.1, -0.05) is 25.7 Å². The monoisotopic (exact) mass is 192 g/mol. The van der Waals surface area contributed by atoms with Crippen molar-refractivity contribution in [3.05, 3.63) is 0 Å². The molecule has 2 heteroatoms. The lowest BCUT2D eigenvalue weighted by atomic mass is 9.68. The second-order valence-electron chi connectivity index (χ2n) is 5.23. The Balaban J connectivity index is 1.82. The van der Waals surface area contributed by atoms with Crippen molar-refractivity contribution in [3.8, 4) is 0 Å². The number of rotatable bonds is 0. The Bertz CT molecular complexity index is 251. The molecular weight excluding hydrogens is 172 g/mol. The number of nitrogens with one attached hydrogen (secondary N) is 1. The topological polar surface area (TPSA) is 24.4 Å². The Morgan fingerprint density at radius 1 is 1.07 bits per heavy atom. The third-order valence-electron chi connectivity index (χ3n) is 4.41. The summed E-state index contributed by atoms with van der Waals surface area (Å²) in [6.45, 7) is 0. The van der Waals surface area contributed by atoms with Crippen molar-refractivity contribution in [2.75, 3.05) is 0 Å². The molecule has 0 aromatic carbocycles. The van der Waals surface area contributed by atoms with Crippen molar-refractivity contribution in [2.45, 2.75) is 63.3 Å². The minimum atomic E-state index is 0.411. The lowest BCUT2D eigenvalue weighted by Gasteiger charge is -2.40. The molecule has 0 saturated heterocycles. The van der Waals surface area contributed by atoms with Gasteiger partial charge in [-0.25, -0.2) is 0 Å². The van der Waals surface area contributed by atoms with Crippen molar-refractivity contribution in [1.29, 1.82) is 0 Å². The summed E-state index contributed by atoms with van der Waals surface area (Å²) in [5, 5.41) is 4.60. The highest BCUT2D eigenvalue weighted by atomic mass is 15.4. The average Bonchev–Trinajstić information content (AvgIpc) is 2.60. The van der Waals surface area contributed by atoms with Crippen LogP contribution in [0.5, 0.6) is 0 Å². The number of hydrogen-bond acceptors (Lipinski definition) is 2. The molecular formula is C12H20N2. The van der Waals surface area contributed by atoms with Crippen LogP contribution >= 0.6 is 0 Å². The summed E-state index contributed by atoms with van der Waals surface area (Å²) in [7, 11) is 0. The third-order valence-corrected chi connectivity index (χ3v) is 4.41. The normalized spacial score (nSPS) is 34.9. The molecule has 1 N–H and O–H groups in total. The van der Waals surface area contributed by atoms with Gasteiger partial charge in [0.25, 0.3) is 0 Å². The Hall–Kier alpha value is -0.530. The molecule has 3 aliphatic rings. The zero-order chi connectivity index (χ0) is 9.43. The fourth-order valence-corrected chi connectivity index (χ4v) is 3.63. The number of fused-ring (bicyclic) bond motifs is 2. The lowest BCUT2D eigenvalue weighted by Crippen LogP contribution is -2.48. The first-order valence-electron chi connectivity index (χ1n) is 6.24. The second-order valence-corrected chi connectivity index (χ2v) is 5.23. The molecule has 1 spiro atoms. The first-order valence-corrected chi connectivity index (χ1v) is 6.24. The van der Waals surface area contributed by atoms with Gasteiger partial charge >= 0.3 is 0 Å². The minimum Gasteiger partial charge on any atom is -0.303 e. The van der Waals surface area contributed by atoms with Gasteiger partial charge < -0.3 is 5.43 Å². The second kappa shape index (κ2) is 3.25. The Kier molecular flexibility index (Phi) is 2.03. The molecule has 2 saturated carbocycles. The summed E-state index contributed by atoms with van der Waals surface area (Å²) >= 11 is 0. The predicted octanol–water partition coefficient (Wildman–Crippen LogP) is 2.84. The molecule has 2 aliphatic carbocycles. The zero-order valence-corrected chi connectivity index (χ0v) is 8.89. The summed E-state index contributed by atoms with van der Waals surface area (Å²) < 4.78 is 0. The standard InChI is InChI=1S/C12H20N2/c1-4-8-12(9-5-1)10-6-2-3-7-11(10)13-14-12/h10,14H,1-9H2/t10-/m0/s1. The maximum absolute atomic E-state index is 4.60. The van der Waals surface area contributed by atoms with E-state index in [1.165, 1.54) is 63.5 Å². The number of nitrogens with zero attached hydrogens (tertiary/aromatic N) is 1. The fraction of sp³-hybridized carbons (Fsp3) is 0.917. The highest BCUT2D eigenvalue weighted by Gasteiger charge is 2.46. The largest absolute Gasteiger partial charge is 0.303 e. The van der Waals surface area contributed by atoms with E-state index in [1.54, 1.807) is 0 Å². The lowest BCUT2D eigenvalue weighted by molar-refractivity contribution is 0.192. The smallest absolute Gasteiger partial charge is 0.0629 e. The summed E-state index contributed by atoms with van der Waals surface area (Å²) in [5.41, 5.74) is 5.41. The van der Waals surface area contributed by atoms with Crippen LogP contribution < -0.4 is 5.43 Å². The van der Waals surface area contributed by atoms with Crippen molar-refractivity contribution >= 4 is 5.71 Å². The molecule has 3 rings (SSSR count). The highest BCUT2D eigenvalue weighted by Crippen LogP contribution is 2.43. The SMILES string of the molecule is C1CCC2(CC1)NN=C1CCCC[C@@H]12. The first-order chi connectivity index (χ1) is 6.91. The van der Waals surface area contributed by atoms with E-state index < -0.39 is 0 Å². The van der Waals surface area contributed by atoms with Gasteiger partial charge in [-0.05, 0) is 32.1 Å². The molecule has 0 unspecified atom stereocenters. The van der Waals surface area contributed by atoms with Crippen molar-refractivity contribution < 1.29 is 0 Å². The van der Waals surface area contributed by atoms with Crippen molar-refractivity contribution in [2.24, 2.45) is 11.0 Å². The van der Waals surface area contributed by atoms with E-state index in [2.05, 4.69) is 10.5 Å². The molecule has 1 aliphatic heterocycles. The van der Waals surface area contributed by atoms with Gasteiger partial charge in [-0.15, -0.1) is 0 Å². The molecule has 1 atom stereocenters. The molecule has 0 aromatic heterocycles. The van der Waals surface area contributed by atoms with E-state index in [4.69, 9.17) is 0 Å². The van der Waals surface area contributed by atoms with Gasteiger partial charge in [0.1, 0.15) is 0 Å². The Morgan fingerprint density at radius 2 is 1.93 bits per heavy atom. The van der Waals surface area contributed by atoms with Crippen molar-refractivity contribution in [3.63, 3.8) is 0 Å². The molecule has 78 valence electrons. The van der Waals surface area contributed by atoms with E-state index in [1.807, 2.05) is 0 Å². The van der Waals surface area contributed by atoms with E-state index >= 15 is 0 Å². The number of hydrazone groups is 1. The van der Waals surface area contributed by atoms with Gasteiger partial charge in [0, 0.05) is 11.6 Å². The zero-order valence-electron chi connectivity index (χ0n) is 8.89. The maximum Gasteiger partial charge on any atom is 0.0629 e. The van der Waals surface area contributed by atoms with Crippen LogP contribution in [0, 0.1) is 5.92 Å². The van der Waals surface area contributed by atoms with Crippen LogP contribution in [0.4, 0.5) is 0 Å². The number of hydrogen-bond donors (Lipinski definition) is 1. The van der Waals surface area contributed by atoms with Crippen LogP contribution in [-0.4, -0.2) is 11.3 Å². The Morgan fingerprint density at radius 3 is 2.79 bits per heavy atom. The van der Waals surface area contributed by atoms with Crippen LogP contribution in [-0.2, 0) is 0 Å². The van der Waals surface area contributed by atoms with Crippen LogP contribution in [0.2, 0.25) is 0 Å². The molecule has 1 heterocycles. The van der Waals surface area contributed by atoms with Crippen LogP contribution in [0.15, 0.2) is 5.10 Å². The summed E-state index contributed by atoms with van der Waals surface area (Å²) in [6.07, 6.45) is 12.4. The van der Waals surface area contributed by atoms with Gasteiger partial charge in [0.2, 0.25) is 0 Å². The molecule has 0 aromatic rings. The molecule has 0 amide bonds. The van der Waals surface area contributed by atoms with Gasteiger partial charge in [0.15, 0.2) is 0 Å². The quantitative estimate of drug-likeness (QED) is 0.627. The van der Waals surface area contributed by atoms with Gasteiger partial charge in [0.05, 0.1) is 5.54 Å². The summed E-state index contributed by atoms with van der Waals surface area (Å²) in [4.78, 5) is 0. The van der Waals surface area contributed by atoms with E-state index in [9.17, 15) is 0 Å². The predicted molar refractivity (Wildman–Crippen MR) is 58.3 cm³/mol. The van der Waals surface area contributed by atoms with Crippen LogP contribution in [0.25, 0.3) is 0 Å². The van der Waals surface area contributed by atoms with E-state index in [-0.39, 0.29) is 0 Å². The van der Waals surface area contributed by atoms with Gasteiger partial charge in [-0.2, -0.15) is 5.10 Å². The van der Waals surface area contributed by atoms with Crippen LogP contribution in [0.1, 0.15) is 57.8 Å². The maximum atomic E-state index is 4.60. The molecule has 2 nitrogen and oxygen atoms in total. The molecule has 0 radical (unpaired) electrons. The summed E-state index contributed by atoms with van der Waals surface area (Å²) in [5.74, 6) is 0.802. The van der Waals surface area contributed by atoms with Crippen LogP contribution in [0.3, 0.4) is 0 Å². The van der Waals surface area contributed by atoms with Gasteiger partial charge in [-0.3, -0.25) is 0 Å². The Labute approximate surface area is 86.2 Å². The summed E-state index contributed by atoms with van der Waals surface area (Å²) in [6, 6.07) is 0. The molecule has 14 heavy (non-hydrogen) atoms. The molecule has 2 fully saturated rings.